The van der Waals surface area contributed by atoms with Crippen molar-refractivity contribution in [2.45, 2.75) is 5.41 Å². The van der Waals surface area contributed by atoms with Crippen molar-refractivity contribution in [2.24, 2.45) is 0 Å². The van der Waals surface area contributed by atoms with Gasteiger partial charge in [0.1, 0.15) is 11.2 Å². The number of thiophene rings is 1. The Bertz CT molecular complexity index is 3840. The molecular weight excluding hydrogens is 795 g/mol. The van der Waals surface area contributed by atoms with E-state index in [9.17, 15) is 0 Å². The van der Waals surface area contributed by atoms with E-state index in [-0.39, 0.29) is 0 Å². The van der Waals surface area contributed by atoms with Crippen LogP contribution in [0.15, 0.2) is 229 Å². The Kier molecular flexibility index (Phi) is 7.51. The number of fused-ring (bicyclic) bond motifs is 17. The molecule has 298 valence electrons. The lowest BCUT2D eigenvalue weighted by Gasteiger charge is -2.32. The fourth-order valence-electron chi connectivity index (χ4n) is 11.3. The minimum atomic E-state index is -0.489. The van der Waals surface area contributed by atoms with Gasteiger partial charge in [-0.2, -0.15) is 0 Å². The molecule has 0 bridgehead atoms. The average Bonchev–Trinajstić information content (AvgIpc) is 4.10. The molecule has 14 rings (SSSR count). The molecule has 2 nitrogen and oxygen atoms in total. The van der Waals surface area contributed by atoms with Crippen LogP contribution in [0, 0.1) is 0 Å². The molecule has 0 aliphatic heterocycles. The highest BCUT2D eigenvalue weighted by Gasteiger charge is 2.53. The van der Waals surface area contributed by atoms with Gasteiger partial charge in [0.15, 0.2) is 0 Å². The van der Waals surface area contributed by atoms with Crippen LogP contribution >= 0.6 is 11.3 Å². The summed E-state index contributed by atoms with van der Waals surface area (Å²) in [5, 5.41) is 4.94. The average molecular weight is 832 g/mol. The maximum absolute atomic E-state index is 6.32. The molecule has 10 aromatic carbocycles. The fourth-order valence-corrected chi connectivity index (χ4v) is 12.5. The summed E-state index contributed by atoms with van der Waals surface area (Å²) >= 11 is 1.92. The SMILES string of the molecule is c1ccc(-c2ccc(N(c3ccc(-c4cccc5oc6ccccc6c45)cc3)c3cccc4c3-c3ccccc3C43c4ccccc4-c4c3ccc3c4sc4ccccc43)cc2)cc1. The molecule has 2 aliphatic rings. The standard InChI is InChI=1S/C61H37NOS/c1-2-14-38(15-3-1)39-28-32-41(33-29-39)62(42-34-30-40(31-35-42)43-20-12-26-55-57(43)48-19-6-10-25-54(48)63-55)53-24-13-23-51-58(53)46-17-4-8-21-49(46)61(51)50-22-9-5-18-47(50)59-52(61)37-36-45-44-16-7-11-27-56(44)64-60(45)59/h1-37H. The number of anilines is 3. The van der Waals surface area contributed by atoms with Crippen molar-refractivity contribution in [1.82, 2.24) is 0 Å². The summed E-state index contributed by atoms with van der Waals surface area (Å²) in [4.78, 5) is 2.47. The Labute approximate surface area is 374 Å². The van der Waals surface area contributed by atoms with E-state index >= 15 is 0 Å². The number of benzene rings is 10. The first kappa shape index (κ1) is 35.6. The van der Waals surface area contributed by atoms with Crippen LogP contribution < -0.4 is 4.90 Å². The molecular formula is C61H37NOS. The van der Waals surface area contributed by atoms with Gasteiger partial charge < -0.3 is 9.32 Å². The summed E-state index contributed by atoms with van der Waals surface area (Å²) in [5.41, 5.74) is 20.0. The van der Waals surface area contributed by atoms with E-state index in [0.29, 0.717) is 0 Å². The van der Waals surface area contributed by atoms with Gasteiger partial charge in [-0.1, -0.05) is 176 Å². The minimum absolute atomic E-state index is 0.489. The largest absolute Gasteiger partial charge is 0.456 e. The van der Waals surface area contributed by atoms with Crippen LogP contribution in [0.3, 0.4) is 0 Å². The molecule has 1 unspecified atom stereocenters. The lowest BCUT2D eigenvalue weighted by Crippen LogP contribution is -2.26. The number of furan rings is 1. The Morgan fingerprint density at radius 1 is 0.359 bits per heavy atom. The predicted molar refractivity (Wildman–Crippen MR) is 268 cm³/mol. The fraction of sp³-hybridized carbons (Fsp3) is 0.0164. The van der Waals surface area contributed by atoms with Crippen molar-refractivity contribution < 1.29 is 4.42 Å². The Morgan fingerprint density at radius 2 is 0.922 bits per heavy atom. The number of para-hydroxylation sites is 1. The molecule has 2 heterocycles. The van der Waals surface area contributed by atoms with E-state index in [4.69, 9.17) is 4.42 Å². The van der Waals surface area contributed by atoms with Gasteiger partial charge in [0.05, 0.1) is 11.1 Å². The summed E-state index contributed by atoms with van der Waals surface area (Å²) in [6.07, 6.45) is 0. The third kappa shape index (κ3) is 4.85. The first-order valence-electron chi connectivity index (χ1n) is 22.0. The van der Waals surface area contributed by atoms with Crippen molar-refractivity contribution in [1.29, 1.82) is 0 Å². The summed E-state index contributed by atoms with van der Waals surface area (Å²) in [7, 11) is 0. The van der Waals surface area contributed by atoms with E-state index in [2.05, 4.69) is 223 Å². The summed E-state index contributed by atoms with van der Waals surface area (Å²) < 4.78 is 9.01. The molecule has 0 amide bonds. The molecule has 64 heavy (non-hydrogen) atoms. The van der Waals surface area contributed by atoms with E-state index in [1.807, 2.05) is 17.4 Å². The van der Waals surface area contributed by atoms with Crippen molar-refractivity contribution in [2.75, 3.05) is 4.90 Å². The lowest BCUT2D eigenvalue weighted by atomic mass is 9.70. The zero-order chi connectivity index (χ0) is 41.9. The van der Waals surface area contributed by atoms with E-state index in [1.54, 1.807) is 0 Å². The molecule has 2 aromatic heterocycles. The van der Waals surface area contributed by atoms with Gasteiger partial charge in [0.2, 0.25) is 0 Å². The Morgan fingerprint density at radius 3 is 1.70 bits per heavy atom. The van der Waals surface area contributed by atoms with Crippen molar-refractivity contribution in [3.8, 4) is 44.5 Å². The van der Waals surface area contributed by atoms with Gasteiger partial charge >= 0.3 is 0 Å². The van der Waals surface area contributed by atoms with Gasteiger partial charge in [0, 0.05) is 53.4 Å². The molecule has 1 atom stereocenters. The number of hydrogen-bond donors (Lipinski definition) is 0. The van der Waals surface area contributed by atoms with Crippen molar-refractivity contribution in [3.05, 3.63) is 247 Å². The molecule has 0 saturated heterocycles. The summed E-state index contributed by atoms with van der Waals surface area (Å²) in [6, 6.07) is 82.6. The molecule has 0 fully saturated rings. The first-order chi connectivity index (χ1) is 31.8. The highest BCUT2D eigenvalue weighted by Crippen LogP contribution is 2.66. The van der Waals surface area contributed by atoms with E-state index in [1.165, 1.54) is 75.8 Å². The maximum atomic E-state index is 6.32. The van der Waals surface area contributed by atoms with Crippen molar-refractivity contribution in [3.63, 3.8) is 0 Å². The number of rotatable bonds is 5. The smallest absolute Gasteiger partial charge is 0.136 e. The monoisotopic (exact) mass is 831 g/mol. The van der Waals surface area contributed by atoms with Crippen molar-refractivity contribution >= 4 is 70.5 Å². The van der Waals surface area contributed by atoms with Crippen LogP contribution in [-0.2, 0) is 5.41 Å². The van der Waals surface area contributed by atoms with Crippen LogP contribution in [0.2, 0.25) is 0 Å². The predicted octanol–water partition coefficient (Wildman–Crippen LogP) is 17.1. The maximum Gasteiger partial charge on any atom is 0.136 e. The van der Waals surface area contributed by atoms with E-state index in [0.717, 1.165) is 50.1 Å². The summed E-state index contributed by atoms with van der Waals surface area (Å²) in [5.74, 6) is 0. The zero-order valence-electron chi connectivity index (χ0n) is 34.6. The topological polar surface area (TPSA) is 16.4 Å². The second-order valence-electron chi connectivity index (χ2n) is 17.1. The second kappa shape index (κ2) is 13.5. The van der Waals surface area contributed by atoms with Gasteiger partial charge in [-0.25, -0.2) is 0 Å². The van der Waals surface area contributed by atoms with E-state index < -0.39 is 5.41 Å². The van der Waals surface area contributed by atoms with Crippen LogP contribution in [0.25, 0.3) is 86.6 Å². The first-order valence-corrected chi connectivity index (χ1v) is 22.8. The van der Waals surface area contributed by atoms with Gasteiger partial charge in [0.25, 0.3) is 0 Å². The third-order valence-electron chi connectivity index (χ3n) is 13.9. The Balaban J connectivity index is 1.00. The van der Waals surface area contributed by atoms with Crippen LogP contribution in [0.4, 0.5) is 17.1 Å². The second-order valence-corrected chi connectivity index (χ2v) is 18.1. The van der Waals surface area contributed by atoms with Crippen LogP contribution in [-0.4, -0.2) is 0 Å². The zero-order valence-corrected chi connectivity index (χ0v) is 35.4. The number of nitrogens with zero attached hydrogens (tertiary/aromatic N) is 1. The van der Waals surface area contributed by atoms with Crippen LogP contribution in [0.5, 0.6) is 0 Å². The van der Waals surface area contributed by atoms with Gasteiger partial charge in [-0.3, -0.25) is 0 Å². The van der Waals surface area contributed by atoms with Crippen LogP contribution in [0.1, 0.15) is 22.3 Å². The molecule has 0 radical (unpaired) electrons. The third-order valence-corrected chi connectivity index (χ3v) is 15.1. The van der Waals surface area contributed by atoms with Gasteiger partial charge in [-0.05, 0) is 104 Å². The molecule has 12 aromatic rings. The minimum Gasteiger partial charge on any atom is -0.456 e. The number of hydrogen-bond acceptors (Lipinski definition) is 3. The molecule has 2 aliphatic carbocycles. The highest BCUT2D eigenvalue weighted by atomic mass is 32.1. The molecule has 3 heteroatoms. The molecule has 0 saturated carbocycles. The quantitative estimate of drug-likeness (QED) is 0.172. The Hall–Kier alpha value is -7.98. The normalized spacial score (nSPS) is 14.6. The molecule has 0 N–H and O–H groups in total. The van der Waals surface area contributed by atoms with Gasteiger partial charge in [-0.15, -0.1) is 11.3 Å². The molecule has 1 spiro atoms. The highest BCUT2D eigenvalue weighted by molar-refractivity contribution is 7.26. The lowest BCUT2D eigenvalue weighted by molar-refractivity contribution is 0.669. The summed E-state index contributed by atoms with van der Waals surface area (Å²) in [6.45, 7) is 0.